The third-order valence-electron chi connectivity index (χ3n) is 1.77. The van der Waals surface area contributed by atoms with E-state index in [4.69, 9.17) is 16.3 Å². The Labute approximate surface area is 101 Å². The van der Waals surface area contributed by atoms with Crippen LogP contribution in [0.25, 0.3) is 0 Å². The lowest BCUT2D eigenvalue weighted by molar-refractivity contribution is -0.117. The lowest BCUT2D eigenvalue weighted by Crippen LogP contribution is -2.40. The van der Waals surface area contributed by atoms with Crippen LogP contribution < -0.4 is 10.6 Å². The molecule has 0 aliphatic carbocycles. The fourth-order valence-electron chi connectivity index (χ4n) is 0.929. The summed E-state index contributed by atoms with van der Waals surface area (Å²) in [5, 5.41) is 4.61. The first-order valence-electron chi connectivity index (χ1n) is 5.42. The number of imide groups is 1. The first kappa shape index (κ1) is 15.2. The minimum Gasteiger partial charge on any atom is -0.381 e. The zero-order chi connectivity index (χ0) is 12.2. The van der Waals surface area contributed by atoms with Gasteiger partial charge in [0.05, 0.1) is 0 Å². The number of ether oxygens (including phenoxy) is 1. The van der Waals surface area contributed by atoms with E-state index in [1.807, 2.05) is 0 Å². The van der Waals surface area contributed by atoms with E-state index in [2.05, 4.69) is 17.6 Å². The van der Waals surface area contributed by atoms with E-state index in [9.17, 15) is 9.59 Å². The van der Waals surface area contributed by atoms with Crippen molar-refractivity contribution in [2.75, 3.05) is 25.6 Å². The van der Waals surface area contributed by atoms with Crippen molar-refractivity contribution in [1.29, 1.82) is 0 Å². The number of alkyl halides is 1. The molecule has 0 radical (unpaired) electrons. The average Bonchev–Trinajstić information content (AvgIpc) is 2.27. The van der Waals surface area contributed by atoms with Crippen LogP contribution in [0.15, 0.2) is 0 Å². The molecule has 0 unspecified atom stereocenters. The molecular weight excluding hydrogens is 232 g/mol. The Hall–Kier alpha value is -0.810. The lowest BCUT2D eigenvalue weighted by Gasteiger charge is -2.06. The Morgan fingerprint density at radius 2 is 1.94 bits per heavy atom. The minimum atomic E-state index is -0.515. The predicted molar refractivity (Wildman–Crippen MR) is 62.6 cm³/mol. The minimum absolute atomic E-state index is 0.215. The molecule has 3 amide bonds. The molecule has 0 fully saturated rings. The summed E-state index contributed by atoms with van der Waals surface area (Å²) in [5.41, 5.74) is 0. The Morgan fingerprint density at radius 1 is 1.25 bits per heavy atom. The molecule has 2 N–H and O–H groups in total. The summed E-state index contributed by atoms with van der Waals surface area (Å²) in [5.74, 6) is -0.716. The van der Waals surface area contributed by atoms with Crippen LogP contribution in [0.4, 0.5) is 4.79 Å². The second kappa shape index (κ2) is 10.7. The van der Waals surface area contributed by atoms with Crippen molar-refractivity contribution < 1.29 is 14.3 Å². The molecule has 0 saturated heterocycles. The molecule has 0 aliphatic heterocycles. The third-order valence-corrected chi connectivity index (χ3v) is 2.01. The van der Waals surface area contributed by atoms with Gasteiger partial charge in [-0.25, -0.2) is 4.79 Å². The molecule has 0 aromatic heterocycles. The van der Waals surface area contributed by atoms with Crippen LogP contribution in [-0.2, 0) is 9.53 Å². The second-order valence-corrected chi connectivity index (χ2v) is 3.52. The summed E-state index contributed by atoms with van der Waals surface area (Å²) < 4.78 is 5.30. The summed E-state index contributed by atoms with van der Waals surface area (Å²) in [6.45, 7) is 3.95. The standard InChI is InChI=1S/C10H19ClN2O3/c1-2-3-6-16-7-4-5-12-10(15)13-9(14)8-11/h2-8H2,1H3,(H2,12,13,14,15). The molecule has 16 heavy (non-hydrogen) atoms. The van der Waals surface area contributed by atoms with Gasteiger partial charge in [0, 0.05) is 19.8 Å². The fraction of sp³-hybridized carbons (Fsp3) is 0.800. The van der Waals surface area contributed by atoms with Gasteiger partial charge in [0.15, 0.2) is 0 Å². The van der Waals surface area contributed by atoms with E-state index in [0.717, 1.165) is 25.9 Å². The van der Waals surface area contributed by atoms with Crippen LogP contribution >= 0.6 is 11.6 Å². The first-order valence-corrected chi connectivity index (χ1v) is 5.95. The number of rotatable bonds is 8. The van der Waals surface area contributed by atoms with Gasteiger partial charge in [0.2, 0.25) is 5.91 Å². The maximum absolute atomic E-state index is 11.0. The van der Waals surface area contributed by atoms with Gasteiger partial charge in [-0.2, -0.15) is 0 Å². The molecular formula is C10H19ClN2O3. The number of carbonyl (C=O) groups is 2. The molecule has 5 nitrogen and oxygen atoms in total. The zero-order valence-electron chi connectivity index (χ0n) is 9.55. The third kappa shape index (κ3) is 9.73. The SMILES string of the molecule is CCCCOCCCNC(=O)NC(=O)CCl. The van der Waals surface area contributed by atoms with Crippen molar-refractivity contribution in [3.63, 3.8) is 0 Å². The van der Waals surface area contributed by atoms with Gasteiger partial charge in [-0.15, -0.1) is 11.6 Å². The summed E-state index contributed by atoms with van der Waals surface area (Å²) in [6.07, 6.45) is 2.89. The fourth-order valence-corrected chi connectivity index (χ4v) is 0.996. The molecule has 0 rings (SSSR count). The highest BCUT2D eigenvalue weighted by atomic mass is 35.5. The van der Waals surface area contributed by atoms with Gasteiger partial charge >= 0.3 is 6.03 Å². The maximum Gasteiger partial charge on any atom is 0.321 e. The molecule has 0 saturated carbocycles. The number of hydrogen-bond donors (Lipinski definition) is 2. The molecule has 0 aromatic carbocycles. The normalized spacial score (nSPS) is 9.88. The molecule has 6 heteroatoms. The molecule has 0 heterocycles. The first-order chi connectivity index (χ1) is 7.70. The van der Waals surface area contributed by atoms with Crippen molar-refractivity contribution in [3.05, 3.63) is 0 Å². The van der Waals surface area contributed by atoms with Gasteiger partial charge in [-0.1, -0.05) is 13.3 Å². The van der Waals surface area contributed by atoms with Crippen LogP contribution in [0.3, 0.4) is 0 Å². The topological polar surface area (TPSA) is 67.4 Å². The van der Waals surface area contributed by atoms with Crippen LogP contribution in [0, 0.1) is 0 Å². The van der Waals surface area contributed by atoms with E-state index in [1.54, 1.807) is 0 Å². The van der Waals surface area contributed by atoms with E-state index in [-0.39, 0.29) is 5.88 Å². The smallest absolute Gasteiger partial charge is 0.321 e. The van der Waals surface area contributed by atoms with Crippen LogP contribution in [0.5, 0.6) is 0 Å². The van der Waals surface area contributed by atoms with Gasteiger partial charge in [-0.3, -0.25) is 10.1 Å². The van der Waals surface area contributed by atoms with Gasteiger partial charge < -0.3 is 10.1 Å². The number of hydrogen-bond acceptors (Lipinski definition) is 3. The Balaban J connectivity index is 3.24. The number of unbranched alkanes of at least 4 members (excludes halogenated alkanes) is 1. The molecule has 0 bridgehead atoms. The van der Waals surface area contributed by atoms with E-state index >= 15 is 0 Å². The van der Waals surface area contributed by atoms with Crippen molar-refractivity contribution in [2.45, 2.75) is 26.2 Å². The number of amides is 3. The largest absolute Gasteiger partial charge is 0.381 e. The Bertz CT molecular complexity index is 212. The lowest BCUT2D eigenvalue weighted by atomic mass is 10.4. The molecule has 94 valence electrons. The highest BCUT2D eigenvalue weighted by molar-refractivity contribution is 6.28. The highest BCUT2D eigenvalue weighted by Gasteiger charge is 2.04. The summed E-state index contributed by atoms with van der Waals surface area (Å²) in [4.78, 5) is 21.7. The summed E-state index contributed by atoms with van der Waals surface area (Å²) >= 11 is 5.22. The van der Waals surface area contributed by atoms with E-state index in [0.29, 0.717) is 13.2 Å². The van der Waals surface area contributed by atoms with Crippen molar-refractivity contribution >= 4 is 23.5 Å². The second-order valence-electron chi connectivity index (χ2n) is 3.26. The molecule has 0 aliphatic rings. The number of urea groups is 1. The Morgan fingerprint density at radius 3 is 2.56 bits per heavy atom. The van der Waals surface area contributed by atoms with Gasteiger partial charge in [0.1, 0.15) is 5.88 Å². The maximum atomic E-state index is 11.0. The van der Waals surface area contributed by atoms with Crippen LogP contribution in [-0.4, -0.2) is 37.6 Å². The van der Waals surface area contributed by atoms with E-state index in [1.165, 1.54) is 0 Å². The van der Waals surface area contributed by atoms with Crippen LogP contribution in [0.1, 0.15) is 26.2 Å². The van der Waals surface area contributed by atoms with Crippen molar-refractivity contribution in [3.8, 4) is 0 Å². The van der Waals surface area contributed by atoms with Crippen molar-refractivity contribution in [2.24, 2.45) is 0 Å². The van der Waals surface area contributed by atoms with Gasteiger partial charge in [-0.05, 0) is 12.8 Å². The monoisotopic (exact) mass is 250 g/mol. The van der Waals surface area contributed by atoms with Crippen LogP contribution in [0.2, 0.25) is 0 Å². The number of halogens is 1. The molecule has 0 spiro atoms. The summed E-state index contributed by atoms with van der Waals surface area (Å²) in [6, 6.07) is -0.515. The predicted octanol–water partition coefficient (Wildman–Crippen LogP) is 1.26. The van der Waals surface area contributed by atoms with Gasteiger partial charge in [0.25, 0.3) is 0 Å². The quantitative estimate of drug-likeness (QED) is 0.503. The number of nitrogens with one attached hydrogen (secondary N) is 2. The highest BCUT2D eigenvalue weighted by Crippen LogP contribution is 1.89. The molecule has 0 aromatic rings. The van der Waals surface area contributed by atoms with Crippen molar-refractivity contribution in [1.82, 2.24) is 10.6 Å². The summed E-state index contributed by atoms with van der Waals surface area (Å²) in [7, 11) is 0. The average molecular weight is 251 g/mol. The van der Waals surface area contributed by atoms with E-state index < -0.39 is 11.9 Å². The molecule has 0 atom stereocenters. The zero-order valence-corrected chi connectivity index (χ0v) is 10.3. The number of carbonyl (C=O) groups excluding carboxylic acids is 2. The Kier molecular flexibility index (Phi) is 10.2.